The van der Waals surface area contributed by atoms with Crippen LogP contribution in [0.5, 0.6) is 11.5 Å². The number of benzene rings is 3. The van der Waals surface area contributed by atoms with Crippen LogP contribution in [0.15, 0.2) is 64.2 Å². The van der Waals surface area contributed by atoms with Crippen molar-refractivity contribution in [2.75, 3.05) is 7.11 Å². The minimum atomic E-state index is 0.196. The predicted octanol–water partition coefficient (Wildman–Crippen LogP) is 6.77. The first kappa shape index (κ1) is 23.0. The van der Waals surface area contributed by atoms with Gasteiger partial charge in [-0.25, -0.2) is 0 Å². The topological polar surface area (TPSA) is 63.8 Å². The molecule has 5 nitrogen and oxygen atoms in total. The zero-order valence-electron chi connectivity index (χ0n) is 16.4. The van der Waals surface area contributed by atoms with Crippen molar-refractivity contribution in [3.63, 3.8) is 0 Å². The van der Waals surface area contributed by atoms with E-state index < -0.39 is 0 Å². The van der Waals surface area contributed by atoms with E-state index in [0.717, 1.165) is 16.7 Å². The average molecular weight is 520 g/mol. The van der Waals surface area contributed by atoms with Crippen molar-refractivity contribution in [3.8, 4) is 17.6 Å². The minimum absolute atomic E-state index is 0.196. The highest BCUT2D eigenvalue weighted by Crippen LogP contribution is 2.37. The summed E-state index contributed by atoms with van der Waals surface area (Å²) in [6.45, 7) is 0.446. The van der Waals surface area contributed by atoms with Crippen LogP contribution in [0.2, 0.25) is 10.0 Å². The van der Waals surface area contributed by atoms with E-state index in [1.807, 2.05) is 24.3 Å². The molecular formula is C23H17BrCl2N2O3. The Bertz CT molecular complexity index is 1150. The number of hydrogen-bond donors (Lipinski definition) is 0. The molecule has 3 aromatic carbocycles. The maximum Gasteiger partial charge on any atom is 0.175 e. The lowest BCUT2D eigenvalue weighted by atomic mass is 10.1. The van der Waals surface area contributed by atoms with Gasteiger partial charge in [-0.05, 0) is 46.3 Å². The van der Waals surface area contributed by atoms with E-state index in [1.165, 1.54) is 0 Å². The lowest BCUT2D eigenvalue weighted by Gasteiger charge is -2.14. The summed E-state index contributed by atoms with van der Waals surface area (Å²) in [6, 6.07) is 18.2. The van der Waals surface area contributed by atoms with Crippen molar-refractivity contribution in [3.05, 3.63) is 91.4 Å². The Labute approximate surface area is 198 Å². The smallest absolute Gasteiger partial charge is 0.175 e. The van der Waals surface area contributed by atoms with E-state index in [1.54, 1.807) is 43.7 Å². The van der Waals surface area contributed by atoms with Gasteiger partial charge in [0, 0.05) is 26.7 Å². The highest BCUT2D eigenvalue weighted by Gasteiger charge is 2.13. The molecule has 0 spiro atoms. The van der Waals surface area contributed by atoms with Crippen LogP contribution in [0, 0.1) is 11.3 Å². The van der Waals surface area contributed by atoms with Crippen LogP contribution in [-0.2, 0) is 18.1 Å². The first-order valence-electron chi connectivity index (χ1n) is 9.09. The fourth-order valence-corrected chi connectivity index (χ4v) is 3.74. The number of rotatable bonds is 8. The SMILES string of the molecule is COc1cc(/C=N\OCc2ccccc2C#N)cc(Br)c1OCc1ccc(Cl)cc1Cl. The fraction of sp³-hybridized carbons (Fsp3) is 0.130. The maximum absolute atomic E-state index is 9.12. The van der Waals surface area contributed by atoms with Gasteiger partial charge in [-0.3, -0.25) is 0 Å². The van der Waals surface area contributed by atoms with Gasteiger partial charge in [0.2, 0.25) is 0 Å². The normalized spacial score (nSPS) is 10.7. The molecule has 0 radical (unpaired) electrons. The number of nitrogens with zero attached hydrogens (tertiary/aromatic N) is 2. The molecule has 0 amide bonds. The van der Waals surface area contributed by atoms with Crippen molar-refractivity contribution in [2.45, 2.75) is 13.2 Å². The third kappa shape index (κ3) is 6.14. The standard InChI is InChI=1S/C23H17BrCl2N2O3/c1-29-22-9-15(12-28-31-14-17-5-3-2-4-16(17)11-27)8-20(24)23(22)30-13-18-6-7-19(25)10-21(18)26/h2-10,12H,13-14H2,1H3/b28-12-. The molecule has 31 heavy (non-hydrogen) atoms. The Morgan fingerprint density at radius 1 is 1.06 bits per heavy atom. The van der Waals surface area contributed by atoms with Gasteiger partial charge in [0.25, 0.3) is 0 Å². The summed E-state index contributed by atoms with van der Waals surface area (Å²) in [5.74, 6) is 1.06. The van der Waals surface area contributed by atoms with Crippen LogP contribution in [0.3, 0.4) is 0 Å². The van der Waals surface area contributed by atoms with Gasteiger partial charge in [0.05, 0.1) is 29.4 Å². The molecule has 158 valence electrons. The Hall–Kier alpha value is -2.72. The van der Waals surface area contributed by atoms with Gasteiger partial charge in [0.1, 0.15) is 13.2 Å². The van der Waals surface area contributed by atoms with E-state index in [4.69, 9.17) is 42.8 Å². The molecule has 0 saturated heterocycles. The average Bonchev–Trinajstić information content (AvgIpc) is 2.77. The predicted molar refractivity (Wildman–Crippen MR) is 125 cm³/mol. The van der Waals surface area contributed by atoms with Crippen LogP contribution in [0.1, 0.15) is 22.3 Å². The van der Waals surface area contributed by atoms with Gasteiger partial charge in [-0.1, -0.05) is 52.6 Å². The Morgan fingerprint density at radius 2 is 1.87 bits per heavy atom. The molecule has 0 atom stereocenters. The van der Waals surface area contributed by atoms with E-state index in [0.29, 0.717) is 31.6 Å². The second-order valence-corrected chi connectivity index (χ2v) is 8.03. The third-order valence-corrected chi connectivity index (χ3v) is 5.45. The summed E-state index contributed by atoms with van der Waals surface area (Å²) in [6.07, 6.45) is 1.56. The molecule has 0 N–H and O–H groups in total. The first-order valence-corrected chi connectivity index (χ1v) is 10.6. The van der Waals surface area contributed by atoms with Crippen LogP contribution in [-0.4, -0.2) is 13.3 Å². The molecule has 0 unspecified atom stereocenters. The largest absolute Gasteiger partial charge is 0.493 e. The lowest BCUT2D eigenvalue weighted by molar-refractivity contribution is 0.132. The molecule has 0 aromatic heterocycles. The number of hydrogen-bond acceptors (Lipinski definition) is 5. The highest BCUT2D eigenvalue weighted by atomic mass is 79.9. The van der Waals surface area contributed by atoms with Gasteiger partial charge in [-0.2, -0.15) is 5.26 Å². The van der Waals surface area contributed by atoms with Crippen molar-refractivity contribution >= 4 is 45.3 Å². The third-order valence-electron chi connectivity index (χ3n) is 4.27. The Morgan fingerprint density at radius 3 is 2.61 bits per heavy atom. The van der Waals surface area contributed by atoms with Crippen LogP contribution in [0.25, 0.3) is 0 Å². The van der Waals surface area contributed by atoms with Gasteiger partial charge in [0.15, 0.2) is 11.5 Å². The summed E-state index contributed by atoms with van der Waals surface area (Å²) in [7, 11) is 1.56. The quantitative estimate of drug-likeness (QED) is 0.243. The molecule has 0 bridgehead atoms. The van der Waals surface area contributed by atoms with Crippen LogP contribution < -0.4 is 9.47 Å². The summed E-state index contributed by atoms with van der Waals surface area (Å²) in [4.78, 5) is 5.34. The lowest BCUT2D eigenvalue weighted by Crippen LogP contribution is -2.00. The summed E-state index contributed by atoms with van der Waals surface area (Å²) < 4.78 is 12.1. The van der Waals surface area contributed by atoms with E-state index >= 15 is 0 Å². The van der Waals surface area contributed by atoms with E-state index in [-0.39, 0.29) is 13.2 Å². The highest BCUT2D eigenvalue weighted by molar-refractivity contribution is 9.10. The van der Waals surface area contributed by atoms with Crippen molar-refractivity contribution in [2.24, 2.45) is 5.16 Å². The zero-order chi connectivity index (χ0) is 22.2. The second-order valence-electron chi connectivity index (χ2n) is 6.34. The second kappa shape index (κ2) is 11.1. The van der Waals surface area contributed by atoms with Crippen LogP contribution in [0.4, 0.5) is 0 Å². The van der Waals surface area contributed by atoms with Crippen molar-refractivity contribution < 1.29 is 14.3 Å². The summed E-state index contributed by atoms with van der Waals surface area (Å²) in [5.41, 5.74) is 2.88. The Balaban J connectivity index is 1.68. The molecule has 0 aliphatic rings. The summed E-state index contributed by atoms with van der Waals surface area (Å²) in [5, 5.41) is 14.2. The maximum atomic E-state index is 9.12. The molecule has 0 heterocycles. The van der Waals surface area contributed by atoms with Gasteiger partial charge >= 0.3 is 0 Å². The number of nitriles is 1. The molecule has 0 fully saturated rings. The molecule has 0 aliphatic carbocycles. The van der Waals surface area contributed by atoms with Gasteiger partial charge in [-0.15, -0.1) is 0 Å². The van der Waals surface area contributed by atoms with E-state index in [2.05, 4.69) is 27.2 Å². The number of ether oxygens (including phenoxy) is 2. The molecule has 0 saturated carbocycles. The van der Waals surface area contributed by atoms with E-state index in [9.17, 15) is 0 Å². The number of halogens is 3. The summed E-state index contributed by atoms with van der Waals surface area (Å²) >= 11 is 15.7. The van der Waals surface area contributed by atoms with Crippen molar-refractivity contribution in [1.82, 2.24) is 0 Å². The monoisotopic (exact) mass is 518 g/mol. The number of oxime groups is 1. The zero-order valence-corrected chi connectivity index (χ0v) is 19.5. The molecule has 3 aromatic rings. The molecular weight excluding hydrogens is 503 g/mol. The molecule has 8 heteroatoms. The minimum Gasteiger partial charge on any atom is -0.493 e. The van der Waals surface area contributed by atoms with Crippen LogP contribution >= 0.6 is 39.1 Å². The first-order chi connectivity index (χ1) is 15.0. The Kier molecular flexibility index (Phi) is 8.19. The number of methoxy groups -OCH3 is 1. The fourth-order valence-electron chi connectivity index (χ4n) is 2.70. The van der Waals surface area contributed by atoms with Gasteiger partial charge < -0.3 is 14.3 Å². The molecule has 3 rings (SSSR count). The molecule has 0 aliphatic heterocycles. The van der Waals surface area contributed by atoms with Crippen molar-refractivity contribution in [1.29, 1.82) is 5.26 Å².